The first-order chi connectivity index (χ1) is 15.7. The summed E-state index contributed by atoms with van der Waals surface area (Å²) in [6.45, 7) is 1.07. The van der Waals surface area contributed by atoms with E-state index in [0.29, 0.717) is 10.9 Å². The maximum absolute atomic E-state index is 11.6. The predicted octanol–water partition coefficient (Wildman–Crippen LogP) is -2.26. The van der Waals surface area contributed by atoms with Gasteiger partial charge in [0.15, 0.2) is 6.29 Å². The van der Waals surface area contributed by atoms with Crippen LogP contribution in [0.25, 0.3) is 11.0 Å². The van der Waals surface area contributed by atoms with Crippen LogP contribution in [0.2, 0.25) is 0 Å². The van der Waals surface area contributed by atoms with E-state index in [9.17, 15) is 35.4 Å². The number of aliphatic hydroxyl groups is 6. The Hall–Kier alpha value is -2.13. The van der Waals surface area contributed by atoms with Gasteiger partial charge in [-0.3, -0.25) is 0 Å². The average molecular weight is 470 g/mol. The number of rotatable bonds is 5. The van der Waals surface area contributed by atoms with E-state index >= 15 is 0 Å². The lowest BCUT2D eigenvalue weighted by Gasteiger charge is -2.41. The molecule has 2 aliphatic heterocycles. The molecule has 6 N–H and O–H groups in total. The van der Waals surface area contributed by atoms with Crippen molar-refractivity contribution in [3.63, 3.8) is 0 Å². The third-order valence-corrected chi connectivity index (χ3v) is 5.72. The van der Waals surface area contributed by atoms with Crippen LogP contribution in [0.5, 0.6) is 5.75 Å². The minimum atomic E-state index is -1.65. The van der Waals surface area contributed by atoms with Crippen molar-refractivity contribution in [2.24, 2.45) is 0 Å². The number of aliphatic hydroxyl groups excluding tert-OH is 6. The van der Waals surface area contributed by atoms with E-state index in [0.717, 1.165) is 0 Å². The highest BCUT2D eigenvalue weighted by Crippen LogP contribution is 2.28. The fourth-order valence-corrected chi connectivity index (χ4v) is 3.78. The topological polar surface area (TPSA) is 189 Å². The number of ether oxygens (including phenoxy) is 4. The van der Waals surface area contributed by atoms with Gasteiger partial charge in [0, 0.05) is 17.5 Å². The number of aryl methyl sites for hydroxylation is 1. The molecule has 2 aliphatic rings. The smallest absolute Gasteiger partial charge is 0.336 e. The molecule has 0 unspecified atom stereocenters. The van der Waals surface area contributed by atoms with Crippen LogP contribution in [0.4, 0.5) is 0 Å². The molecule has 2 aromatic rings. The largest absolute Gasteiger partial charge is 0.462 e. The van der Waals surface area contributed by atoms with E-state index in [1.54, 1.807) is 19.1 Å². The van der Waals surface area contributed by atoms with Crippen LogP contribution in [0.3, 0.4) is 0 Å². The van der Waals surface area contributed by atoms with Crippen LogP contribution in [-0.4, -0.2) is 99.2 Å². The number of benzene rings is 1. The van der Waals surface area contributed by atoms with Gasteiger partial charge in [-0.15, -0.1) is 0 Å². The van der Waals surface area contributed by atoms with Gasteiger partial charge >= 0.3 is 5.63 Å². The van der Waals surface area contributed by atoms with Crippen LogP contribution in [0.1, 0.15) is 5.56 Å². The zero-order valence-electron chi connectivity index (χ0n) is 17.6. The first kappa shape index (κ1) is 24.0. The molecule has 2 saturated heterocycles. The number of hydrogen-bond acceptors (Lipinski definition) is 12. The molecule has 0 saturated carbocycles. The highest BCUT2D eigenvalue weighted by Gasteiger charge is 2.46. The Balaban J connectivity index is 1.45. The summed E-state index contributed by atoms with van der Waals surface area (Å²) >= 11 is 0. The lowest BCUT2D eigenvalue weighted by Crippen LogP contribution is -2.61. The summed E-state index contributed by atoms with van der Waals surface area (Å²) in [5.74, 6) is 0.173. The first-order valence-electron chi connectivity index (χ1n) is 10.3. The molecule has 4 rings (SSSR count). The molecule has 3 heterocycles. The van der Waals surface area contributed by atoms with Gasteiger partial charge in [-0.1, -0.05) is 0 Å². The lowest BCUT2D eigenvalue weighted by molar-refractivity contribution is -0.307. The molecule has 182 valence electrons. The number of fused-ring (bicyclic) bond motifs is 1. The minimum absolute atomic E-state index is 0.173. The maximum atomic E-state index is 11.6. The van der Waals surface area contributed by atoms with Crippen LogP contribution >= 0.6 is 0 Å². The molecule has 0 bridgehead atoms. The molecular formula is C21H26O12. The van der Waals surface area contributed by atoms with Gasteiger partial charge in [0.05, 0.1) is 13.2 Å². The lowest BCUT2D eigenvalue weighted by atomic mass is 9.99. The van der Waals surface area contributed by atoms with Gasteiger partial charge in [0.25, 0.3) is 0 Å². The van der Waals surface area contributed by atoms with E-state index in [-0.39, 0.29) is 17.9 Å². The third-order valence-electron chi connectivity index (χ3n) is 5.72. The SMILES string of the molecule is Cc1cc(=O)oc2cc(O[C@@H]3O[C@H](CO[C@@H]4OC[C@@H](O)[C@H](O)[C@H]4O)[C@@H](O)[C@H](O)[C@H]3O)ccc12. The highest BCUT2D eigenvalue weighted by atomic mass is 16.7. The fourth-order valence-electron chi connectivity index (χ4n) is 3.78. The van der Waals surface area contributed by atoms with Crippen molar-refractivity contribution in [3.05, 3.63) is 40.2 Å². The van der Waals surface area contributed by atoms with Gasteiger partial charge < -0.3 is 54.0 Å². The van der Waals surface area contributed by atoms with Crippen molar-refractivity contribution in [3.8, 4) is 5.75 Å². The van der Waals surface area contributed by atoms with Crippen molar-refractivity contribution in [1.82, 2.24) is 0 Å². The Morgan fingerprint density at radius 1 is 0.939 bits per heavy atom. The molecule has 33 heavy (non-hydrogen) atoms. The summed E-state index contributed by atoms with van der Waals surface area (Å²) in [7, 11) is 0. The van der Waals surface area contributed by atoms with Gasteiger partial charge in [-0.25, -0.2) is 4.79 Å². The Kier molecular flexibility index (Phi) is 7.00. The normalized spacial score (nSPS) is 37.2. The molecule has 12 nitrogen and oxygen atoms in total. The van der Waals surface area contributed by atoms with Crippen molar-refractivity contribution in [2.75, 3.05) is 13.2 Å². The summed E-state index contributed by atoms with van der Waals surface area (Å²) in [6, 6.07) is 6.01. The summed E-state index contributed by atoms with van der Waals surface area (Å²) in [6.07, 6.45) is -13.1. The molecule has 0 radical (unpaired) electrons. The molecule has 1 aromatic carbocycles. The van der Waals surface area contributed by atoms with E-state index in [1.807, 2.05) is 0 Å². The van der Waals surface area contributed by atoms with E-state index in [1.165, 1.54) is 12.1 Å². The molecule has 9 atom stereocenters. The number of hydrogen-bond donors (Lipinski definition) is 6. The quantitative estimate of drug-likeness (QED) is 0.258. The summed E-state index contributed by atoms with van der Waals surface area (Å²) in [5.41, 5.74) is 0.432. The van der Waals surface area contributed by atoms with Crippen LogP contribution in [-0.2, 0) is 14.2 Å². The maximum Gasteiger partial charge on any atom is 0.336 e. The summed E-state index contributed by atoms with van der Waals surface area (Å²) < 4.78 is 26.9. The average Bonchev–Trinajstić information content (AvgIpc) is 2.77. The van der Waals surface area contributed by atoms with Crippen molar-refractivity contribution >= 4 is 11.0 Å². The predicted molar refractivity (Wildman–Crippen MR) is 108 cm³/mol. The van der Waals surface area contributed by atoms with Crippen LogP contribution < -0.4 is 10.4 Å². The zero-order chi connectivity index (χ0) is 23.9. The van der Waals surface area contributed by atoms with Crippen LogP contribution in [0, 0.1) is 6.92 Å². The first-order valence-corrected chi connectivity index (χ1v) is 10.3. The Bertz CT molecular complexity index is 1020. The van der Waals surface area contributed by atoms with Gasteiger partial charge in [-0.2, -0.15) is 0 Å². The second-order valence-electron chi connectivity index (χ2n) is 8.12. The molecule has 0 spiro atoms. The Labute approximate surface area is 187 Å². The summed E-state index contributed by atoms with van der Waals surface area (Å²) in [5, 5.41) is 60.7. The van der Waals surface area contributed by atoms with E-state index < -0.39 is 67.5 Å². The molecule has 12 heteroatoms. The van der Waals surface area contributed by atoms with Gasteiger partial charge in [0.2, 0.25) is 6.29 Å². The molecular weight excluding hydrogens is 444 g/mol. The van der Waals surface area contributed by atoms with E-state index in [4.69, 9.17) is 23.4 Å². The van der Waals surface area contributed by atoms with Crippen molar-refractivity contribution < 1.29 is 54.0 Å². The van der Waals surface area contributed by atoms with Gasteiger partial charge in [0.1, 0.15) is 54.1 Å². The minimum Gasteiger partial charge on any atom is -0.462 e. The molecule has 2 fully saturated rings. The fraction of sp³-hybridized carbons (Fsp3) is 0.571. The highest BCUT2D eigenvalue weighted by molar-refractivity contribution is 5.81. The molecule has 0 aliphatic carbocycles. The Morgan fingerprint density at radius 2 is 1.67 bits per heavy atom. The second kappa shape index (κ2) is 9.62. The van der Waals surface area contributed by atoms with Gasteiger partial charge in [-0.05, 0) is 24.6 Å². The van der Waals surface area contributed by atoms with Crippen molar-refractivity contribution in [2.45, 2.75) is 62.2 Å². The van der Waals surface area contributed by atoms with E-state index in [2.05, 4.69) is 0 Å². The van der Waals surface area contributed by atoms with Crippen LogP contribution in [0.15, 0.2) is 33.5 Å². The molecule has 1 aromatic heterocycles. The standard InChI is InChI=1S/C21H26O12/c1-8-4-14(23)32-12-5-9(2-3-10(8)12)31-21-19(28)17(26)16(25)13(33-21)7-30-20-18(27)15(24)11(22)6-29-20/h2-5,11,13,15-22,24-28H,6-7H2,1H3/t11-,13-,15+,16-,17+,18-,19-,20+,21-/m1/s1. The monoisotopic (exact) mass is 470 g/mol. The third kappa shape index (κ3) is 4.89. The molecule has 0 amide bonds. The zero-order valence-corrected chi connectivity index (χ0v) is 17.6. The summed E-state index contributed by atoms with van der Waals surface area (Å²) in [4.78, 5) is 11.6. The van der Waals surface area contributed by atoms with Crippen molar-refractivity contribution in [1.29, 1.82) is 0 Å². The Morgan fingerprint density at radius 3 is 2.42 bits per heavy atom. The second-order valence-corrected chi connectivity index (χ2v) is 8.12.